The number of hydrogen-bond donors (Lipinski definition) is 1. The number of hydrogen-bond acceptors (Lipinski definition) is 5. The second kappa shape index (κ2) is 7.02. The van der Waals surface area contributed by atoms with Crippen molar-refractivity contribution in [3.8, 4) is 11.4 Å². The molecule has 0 saturated heterocycles. The van der Waals surface area contributed by atoms with E-state index in [-0.39, 0.29) is 12.3 Å². The summed E-state index contributed by atoms with van der Waals surface area (Å²) in [7, 11) is 0. The first-order chi connectivity index (χ1) is 11.2. The summed E-state index contributed by atoms with van der Waals surface area (Å²) in [5.74, 6) is 1.15. The molecule has 116 valence electrons. The van der Waals surface area contributed by atoms with Crippen molar-refractivity contribution in [1.82, 2.24) is 15.1 Å². The molecule has 23 heavy (non-hydrogen) atoms. The van der Waals surface area contributed by atoms with Crippen molar-refractivity contribution in [2.45, 2.75) is 12.8 Å². The fourth-order valence-corrected chi connectivity index (χ4v) is 2.19. The summed E-state index contributed by atoms with van der Waals surface area (Å²) in [6.07, 6.45) is 2.18. The van der Waals surface area contributed by atoms with Crippen LogP contribution in [0.3, 0.4) is 0 Å². The summed E-state index contributed by atoms with van der Waals surface area (Å²) in [6, 6.07) is 12.5. The second-order valence-corrected chi connectivity index (χ2v) is 5.16. The van der Waals surface area contributed by atoms with E-state index >= 15 is 0 Å². The van der Waals surface area contributed by atoms with Gasteiger partial charge in [0, 0.05) is 24.6 Å². The monoisotopic (exact) mass is 328 g/mol. The Labute approximate surface area is 137 Å². The first-order valence-corrected chi connectivity index (χ1v) is 7.38. The van der Waals surface area contributed by atoms with Gasteiger partial charge in [0.1, 0.15) is 5.82 Å². The zero-order valence-electron chi connectivity index (χ0n) is 12.1. The number of aromatic nitrogens is 3. The number of benzene rings is 1. The molecule has 0 aliphatic rings. The maximum absolute atomic E-state index is 11.9. The van der Waals surface area contributed by atoms with E-state index in [0.29, 0.717) is 34.5 Å². The number of carbonyl (C=O) groups is 1. The van der Waals surface area contributed by atoms with Gasteiger partial charge in [0.2, 0.25) is 17.6 Å². The van der Waals surface area contributed by atoms with Crippen molar-refractivity contribution in [2.75, 3.05) is 5.32 Å². The molecule has 0 aliphatic carbocycles. The minimum Gasteiger partial charge on any atom is -0.339 e. The van der Waals surface area contributed by atoms with E-state index in [1.807, 2.05) is 18.2 Å². The molecular formula is C16H13ClN4O2. The highest BCUT2D eigenvalue weighted by atomic mass is 35.5. The van der Waals surface area contributed by atoms with Gasteiger partial charge in [-0.15, -0.1) is 0 Å². The van der Waals surface area contributed by atoms with E-state index < -0.39 is 0 Å². The quantitative estimate of drug-likeness (QED) is 0.776. The third kappa shape index (κ3) is 3.92. The van der Waals surface area contributed by atoms with Crippen LogP contribution >= 0.6 is 11.6 Å². The maximum atomic E-state index is 11.9. The molecule has 2 aromatic heterocycles. The molecule has 1 aromatic carbocycles. The van der Waals surface area contributed by atoms with Gasteiger partial charge in [0.25, 0.3) is 0 Å². The first kappa shape index (κ1) is 15.2. The molecule has 7 heteroatoms. The Balaban J connectivity index is 1.59. The van der Waals surface area contributed by atoms with Gasteiger partial charge in [-0.05, 0) is 24.3 Å². The highest BCUT2D eigenvalue weighted by Gasteiger charge is 2.12. The minimum atomic E-state index is -0.166. The summed E-state index contributed by atoms with van der Waals surface area (Å²) in [5, 5.41) is 7.14. The minimum absolute atomic E-state index is 0.166. The van der Waals surface area contributed by atoms with Crippen LogP contribution in [0, 0.1) is 0 Å². The van der Waals surface area contributed by atoms with E-state index in [2.05, 4.69) is 20.4 Å². The smallest absolute Gasteiger partial charge is 0.227 e. The number of aryl methyl sites for hydroxylation is 1. The normalized spacial score (nSPS) is 10.5. The Morgan fingerprint density at radius 3 is 2.78 bits per heavy atom. The van der Waals surface area contributed by atoms with Crippen LogP contribution in [0.1, 0.15) is 12.3 Å². The van der Waals surface area contributed by atoms with Crippen LogP contribution in [-0.4, -0.2) is 21.0 Å². The van der Waals surface area contributed by atoms with Gasteiger partial charge in [0.05, 0.1) is 5.02 Å². The molecule has 0 bridgehead atoms. The van der Waals surface area contributed by atoms with Crippen molar-refractivity contribution >= 4 is 23.3 Å². The number of amides is 1. The number of carbonyl (C=O) groups excluding carboxylic acids is 1. The molecule has 1 amide bonds. The molecule has 0 saturated carbocycles. The van der Waals surface area contributed by atoms with E-state index in [9.17, 15) is 4.79 Å². The molecule has 0 radical (unpaired) electrons. The Bertz CT molecular complexity index is 805. The lowest BCUT2D eigenvalue weighted by atomic mass is 10.2. The summed E-state index contributed by atoms with van der Waals surface area (Å²) in [5.41, 5.74) is 0.696. The van der Waals surface area contributed by atoms with Gasteiger partial charge < -0.3 is 9.84 Å². The molecule has 1 N–H and O–H groups in total. The molecule has 3 aromatic rings. The fourth-order valence-electron chi connectivity index (χ4n) is 1.97. The Morgan fingerprint density at radius 2 is 2.00 bits per heavy atom. The topological polar surface area (TPSA) is 80.9 Å². The summed E-state index contributed by atoms with van der Waals surface area (Å²) >= 11 is 6.09. The zero-order chi connectivity index (χ0) is 16.1. The first-order valence-electron chi connectivity index (χ1n) is 7.01. The number of pyridine rings is 1. The van der Waals surface area contributed by atoms with Gasteiger partial charge in [-0.25, -0.2) is 4.98 Å². The predicted molar refractivity (Wildman–Crippen MR) is 85.9 cm³/mol. The number of anilines is 1. The van der Waals surface area contributed by atoms with Crippen LogP contribution in [0.25, 0.3) is 11.4 Å². The predicted octanol–water partition coefficient (Wildman–Crippen LogP) is 3.36. The second-order valence-electron chi connectivity index (χ2n) is 4.75. The molecule has 0 atom stereocenters. The molecule has 6 nitrogen and oxygen atoms in total. The van der Waals surface area contributed by atoms with E-state index in [0.717, 1.165) is 0 Å². The van der Waals surface area contributed by atoms with E-state index in [4.69, 9.17) is 16.1 Å². The van der Waals surface area contributed by atoms with Crippen LogP contribution in [0.2, 0.25) is 5.02 Å². The number of nitrogens with zero attached hydrogens (tertiary/aromatic N) is 3. The molecule has 0 fully saturated rings. The summed E-state index contributed by atoms with van der Waals surface area (Å²) < 4.78 is 5.16. The Hall–Kier alpha value is -2.73. The molecule has 2 heterocycles. The Kier molecular flexibility index (Phi) is 4.63. The third-order valence-electron chi connectivity index (χ3n) is 3.08. The van der Waals surface area contributed by atoms with Gasteiger partial charge in [-0.1, -0.05) is 35.0 Å². The molecule has 0 aliphatic heterocycles. The lowest BCUT2D eigenvalue weighted by Gasteiger charge is -2.01. The highest BCUT2D eigenvalue weighted by Crippen LogP contribution is 2.24. The lowest BCUT2D eigenvalue weighted by molar-refractivity contribution is -0.116. The molecule has 0 spiro atoms. The van der Waals surface area contributed by atoms with Gasteiger partial charge in [-0.2, -0.15) is 4.98 Å². The highest BCUT2D eigenvalue weighted by molar-refractivity contribution is 6.33. The van der Waals surface area contributed by atoms with Gasteiger partial charge in [0.15, 0.2) is 0 Å². The van der Waals surface area contributed by atoms with Crippen molar-refractivity contribution in [3.63, 3.8) is 0 Å². The van der Waals surface area contributed by atoms with Crippen LogP contribution in [0.5, 0.6) is 0 Å². The van der Waals surface area contributed by atoms with Crippen molar-refractivity contribution in [3.05, 3.63) is 59.6 Å². The number of nitrogens with one attached hydrogen (secondary N) is 1. The average molecular weight is 329 g/mol. The lowest BCUT2D eigenvalue weighted by Crippen LogP contribution is -2.13. The Morgan fingerprint density at radius 1 is 1.17 bits per heavy atom. The van der Waals surface area contributed by atoms with Crippen LogP contribution in [0.4, 0.5) is 5.82 Å². The largest absolute Gasteiger partial charge is 0.339 e. The summed E-state index contributed by atoms with van der Waals surface area (Å²) in [6.45, 7) is 0. The average Bonchev–Trinajstić information content (AvgIpc) is 3.03. The third-order valence-corrected chi connectivity index (χ3v) is 3.41. The van der Waals surface area contributed by atoms with Crippen molar-refractivity contribution < 1.29 is 9.32 Å². The standard InChI is InChI=1S/C16H13ClN4O2/c17-12-6-2-1-5-11(12)16-20-15(23-21-16)9-8-14(22)19-13-7-3-4-10-18-13/h1-7,10H,8-9H2,(H,18,19,22). The maximum Gasteiger partial charge on any atom is 0.227 e. The fraction of sp³-hybridized carbons (Fsp3) is 0.125. The van der Waals surface area contributed by atoms with Gasteiger partial charge in [-0.3, -0.25) is 4.79 Å². The van der Waals surface area contributed by atoms with Gasteiger partial charge >= 0.3 is 0 Å². The van der Waals surface area contributed by atoms with Crippen molar-refractivity contribution in [1.29, 1.82) is 0 Å². The SMILES string of the molecule is O=C(CCc1nc(-c2ccccc2Cl)no1)Nc1ccccn1. The zero-order valence-corrected chi connectivity index (χ0v) is 12.8. The van der Waals surface area contributed by atoms with E-state index in [1.165, 1.54) is 0 Å². The van der Waals surface area contributed by atoms with Crippen molar-refractivity contribution in [2.24, 2.45) is 0 Å². The van der Waals surface area contributed by atoms with Crippen LogP contribution in [0.15, 0.2) is 53.2 Å². The number of halogens is 1. The van der Waals surface area contributed by atoms with E-state index in [1.54, 1.807) is 30.5 Å². The molecular weight excluding hydrogens is 316 g/mol. The summed E-state index contributed by atoms with van der Waals surface area (Å²) in [4.78, 5) is 20.1. The molecule has 3 rings (SSSR count). The molecule has 0 unspecified atom stereocenters. The number of rotatable bonds is 5. The van der Waals surface area contributed by atoms with Crippen LogP contribution < -0.4 is 5.32 Å². The van der Waals surface area contributed by atoms with Crippen LogP contribution in [-0.2, 0) is 11.2 Å².